The topological polar surface area (TPSA) is 116 Å². The lowest BCUT2D eigenvalue weighted by Gasteiger charge is -2.13. The molecule has 1 aromatic carbocycles. The number of carbonyl (C=O) groups excluding carboxylic acids is 1. The number of rotatable bonds is 5. The minimum absolute atomic E-state index is 0.0653. The van der Waals surface area contributed by atoms with E-state index in [9.17, 15) is 25.0 Å². The highest BCUT2D eigenvalue weighted by Crippen LogP contribution is 2.37. The van der Waals surface area contributed by atoms with Crippen LogP contribution in [0.25, 0.3) is 0 Å². The van der Waals surface area contributed by atoms with Crippen molar-refractivity contribution in [1.82, 2.24) is 0 Å². The van der Waals surface area contributed by atoms with Crippen molar-refractivity contribution >= 4 is 23.0 Å². The van der Waals surface area contributed by atoms with Crippen molar-refractivity contribution in [1.29, 1.82) is 0 Å². The molecule has 0 aliphatic rings. The fraction of sp³-hybridized carbons (Fsp3) is 0.364. The third-order valence-corrected chi connectivity index (χ3v) is 2.42. The number of anilines is 1. The van der Waals surface area contributed by atoms with Crippen LogP contribution < -0.4 is 4.90 Å². The molecule has 0 heterocycles. The molecule has 0 N–H and O–H groups in total. The van der Waals surface area contributed by atoms with Gasteiger partial charge in [0, 0.05) is 26.2 Å². The zero-order chi connectivity index (χ0) is 15.4. The SMILES string of the molecule is CCOC(=O)c1cc([N+](=O)[O-])c(N(C)C)c([N+](=O)[O-])c1. The number of benzene rings is 1. The van der Waals surface area contributed by atoms with E-state index in [1.807, 2.05) is 0 Å². The highest BCUT2D eigenvalue weighted by Gasteiger charge is 2.30. The zero-order valence-corrected chi connectivity index (χ0v) is 11.2. The number of carbonyl (C=O) groups is 1. The summed E-state index contributed by atoms with van der Waals surface area (Å²) >= 11 is 0. The second kappa shape index (κ2) is 5.95. The fourth-order valence-electron chi connectivity index (χ4n) is 1.67. The van der Waals surface area contributed by atoms with Gasteiger partial charge in [-0.1, -0.05) is 0 Å². The van der Waals surface area contributed by atoms with Gasteiger partial charge in [-0.05, 0) is 6.92 Å². The van der Waals surface area contributed by atoms with Crippen LogP contribution in [0, 0.1) is 20.2 Å². The number of esters is 1. The Morgan fingerprint density at radius 2 is 1.65 bits per heavy atom. The van der Waals surface area contributed by atoms with Crippen LogP contribution in [0.1, 0.15) is 17.3 Å². The van der Waals surface area contributed by atoms with E-state index in [2.05, 4.69) is 0 Å². The average molecular weight is 283 g/mol. The molecule has 0 bridgehead atoms. The number of ether oxygens (including phenoxy) is 1. The predicted octanol–water partition coefficient (Wildman–Crippen LogP) is 1.75. The summed E-state index contributed by atoms with van der Waals surface area (Å²) in [5, 5.41) is 22.1. The van der Waals surface area contributed by atoms with Gasteiger partial charge in [-0.2, -0.15) is 0 Å². The third-order valence-electron chi connectivity index (χ3n) is 2.42. The van der Waals surface area contributed by atoms with Crippen LogP contribution in [0.3, 0.4) is 0 Å². The average Bonchev–Trinajstić information content (AvgIpc) is 2.36. The number of nitrogens with zero attached hydrogens (tertiary/aromatic N) is 3. The molecule has 0 amide bonds. The Bertz CT molecular complexity index is 534. The Kier molecular flexibility index (Phi) is 4.57. The van der Waals surface area contributed by atoms with Gasteiger partial charge in [-0.3, -0.25) is 20.2 Å². The molecular weight excluding hydrogens is 270 g/mol. The van der Waals surface area contributed by atoms with Crippen molar-refractivity contribution in [3.05, 3.63) is 37.9 Å². The van der Waals surface area contributed by atoms with E-state index < -0.39 is 27.2 Å². The van der Waals surface area contributed by atoms with Crippen molar-refractivity contribution in [2.75, 3.05) is 25.6 Å². The first-order chi connectivity index (χ1) is 9.29. The van der Waals surface area contributed by atoms with Crippen LogP contribution in [0.15, 0.2) is 12.1 Å². The zero-order valence-electron chi connectivity index (χ0n) is 11.2. The van der Waals surface area contributed by atoms with Crippen LogP contribution in [-0.4, -0.2) is 36.5 Å². The Hall–Kier alpha value is -2.71. The van der Waals surface area contributed by atoms with Crippen molar-refractivity contribution in [3.8, 4) is 0 Å². The van der Waals surface area contributed by atoms with Crippen LogP contribution in [0.4, 0.5) is 17.1 Å². The van der Waals surface area contributed by atoms with E-state index in [0.717, 1.165) is 12.1 Å². The van der Waals surface area contributed by atoms with Gasteiger partial charge in [0.25, 0.3) is 0 Å². The number of hydrogen-bond donors (Lipinski definition) is 0. The van der Waals surface area contributed by atoms with Crippen LogP contribution >= 0.6 is 0 Å². The Morgan fingerprint density at radius 1 is 1.20 bits per heavy atom. The Labute approximate surface area is 114 Å². The first kappa shape index (κ1) is 15.3. The molecule has 0 radical (unpaired) electrons. The molecule has 0 aromatic heterocycles. The summed E-state index contributed by atoms with van der Waals surface area (Å²) in [5.41, 5.74) is -1.44. The molecule has 0 fully saturated rings. The van der Waals surface area contributed by atoms with Gasteiger partial charge in [0.1, 0.15) is 0 Å². The number of hydrogen-bond acceptors (Lipinski definition) is 7. The summed E-state index contributed by atoms with van der Waals surface area (Å²) in [5.74, 6) is -0.844. The summed E-state index contributed by atoms with van der Waals surface area (Å²) < 4.78 is 4.70. The molecule has 0 saturated heterocycles. The first-order valence-corrected chi connectivity index (χ1v) is 5.60. The van der Waals surface area contributed by atoms with E-state index in [0.29, 0.717) is 0 Å². The molecule has 108 valence electrons. The summed E-state index contributed by atoms with van der Waals surface area (Å²) in [7, 11) is 2.89. The monoisotopic (exact) mass is 283 g/mol. The molecule has 9 nitrogen and oxygen atoms in total. The molecule has 0 saturated carbocycles. The van der Waals surface area contributed by atoms with Crippen molar-refractivity contribution in [3.63, 3.8) is 0 Å². The van der Waals surface area contributed by atoms with Crippen molar-refractivity contribution in [2.45, 2.75) is 6.92 Å². The van der Waals surface area contributed by atoms with E-state index >= 15 is 0 Å². The van der Waals surface area contributed by atoms with Gasteiger partial charge < -0.3 is 9.64 Å². The second-order valence-electron chi connectivity index (χ2n) is 3.99. The molecular formula is C11H13N3O6. The van der Waals surface area contributed by atoms with Crippen LogP contribution in [0.5, 0.6) is 0 Å². The van der Waals surface area contributed by atoms with Gasteiger partial charge in [0.2, 0.25) is 0 Å². The van der Waals surface area contributed by atoms with Crippen LogP contribution in [0.2, 0.25) is 0 Å². The fourth-order valence-corrected chi connectivity index (χ4v) is 1.67. The smallest absolute Gasteiger partial charge is 0.338 e. The molecule has 1 rings (SSSR count). The molecule has 20 heavy (non-hydrogen) atoms. The van der Waals surface area contributed by atoms with E-state index in [-0.39, 0.29) is 17.9 Å². The molecule has 0 aliphatic heterocycles. The lowest BCUT2D eigenvalue weighted by atomic mass is 10.1. The van der Waals surface area contributed by atoms with Gasteiger partial charge in [-0.15, -0.1) is 0 Å². The quantitative estimate of drug-likeness (QED) is 0.459. The largest absolute Gasteiger partial charge is 0.462 e. The standard InChI is InChI=1S/C11H13N3O6/c1-4-20-11(15)7-5-8(13(16)17)10(12(2)3)9(6-7)14(18)19/h5-6H,4H2,1-3H3. The second-order valence-corrected chi connectivity index (χ2v) is 3.99. The highest BCUT2D eigenvalue weighted by atomic mass is 16.6. The number of nitro benzene ring substituents is 2. The van der Waals surface area contributed by atoms with Gasteiger partial charge in [0.05, 0.1) is 22.0 Å². The highest BCUT2D eigenvalue weighted by molar-refractivity contribution is 5.94. The molecule has 0 spiro atoms. The van der Waals surface area contributed by atoms with E-state index in [4.69, 9.17) is 4.74 Å². The molecule has 1 aromatic rings. The number of nitro groups is 2. The minimum Gasteiger partial charge on any atom is -0.462 e. The molecule has 0 atom stereocenters. The Balaban J connectivity index is 3.58. The van der Waals surface area contributed by atoms with E-state index in [1.165, 1.54) is 19.0 Å². The lowest BCUT2D eigenvalue weighted by molar-refractivity contribution is -0.392. The molecule has 0 unspecified atom stereocenters. The maximum absolute atomic E-state index is 11.6. The van der Waals surface area contributed by atoms with Crippen LogP contribution in [-0.2, 0) is 4.74 Å². The van der Waals surface area contributed by atoms with Gasteiger partial charge in [0.15, 0.2) is 5.69 Å². The normalized spacial score (nSPS) is 9.95. The molecule has 9 heteroatoms. The summed E-state index contributed by atoms with van der Waals surface area (Å²) in [6, 6.07) is 1.95. The summed E-state index contributed by atoms with van der Waals surface area (Å²) in [6.45, 7) is 1.63. The summed E-state index contributed by atoms with van der Waals surface area (Å²) in [4.78, 5) is 33.4. The maximum Gasteiger partial charge on any atom is 0.338 e. The van der Waals surface area contributed by atoms with E-state index in [1.54, 1.807) is 6.92 Å². The predicted molar refractivity (Wildman–Crippen MR) is 70.0 cm³/mol. The third kappa shape index (κ3) is 2.99. The lowest BCUT2D eigenvalue weighted by Crippen LogP contribution is -2.15. The van der Waals surface area contributed by atoms with Gasteiger partial charge in [-0.25, -0.2) is 4.79 Å². The van der Waals surface area contributed by atoms with Crippen molar-refractivity contribution in [2.24, 2.45) is 0 Å². The Morgan fingerprint density at radius 3 is 1.95 bits per heavy atom. The van der Waals surface area contributed by atoms with Crippen molar-refractivity contribution < 1.29 is 19.4 Å². The maximum atomic E-state index is 11.6. The molecule has 0 aliphatic carbocycles. The van der Waals surface area contributed by atoms with Gasteiger partial charge >= 0.3 is 17.3 Å². The summed E-state index contributed by atoms with van der Waals surface area (Å²) in [6.07, 6.45) is 0. The first-order valence-electron chi connectivity index (χ1n) is 5.60. The minimum atomic E-state index is -0.844.